The zero-order valence-electron chi connectivity index (χ0n) is 5.18. The van der Waals surface area contributed by atoms with Gasteiger partial charge in [0.1, 0.15) is 6.10 Å². The van der Waals surface area contributed by atoms with Crippen LogP contribution < -0.4 is 5.73 Å². The van der Waals surface area contributed by atoms with Crippen molar-refractivity contribution in [2.75, 3.05) is 0 Å². The average molecular weight is 114 g/mol. The van der Waals surface area contributed by atoms with Crippen LogP contribution in [0.25, 0.3) is 0 Å². The number of hydrogen-bond donors (Lipinski definition) is 1. The van der Waals surface area contributed by atoms with E-state index in [1.807, 2.05) is 0 Å². The summed E-state index contributed by atoms with van der Waals surface area (Å²) >= 11 is 0. The average Bonchev–Trinajstić information content (AvgIpc) is 2.42. The third-order valence-corrected chi connectivity index (χ3v) is 1.36. The second kappa shape index (κ2) is 2.46. The van der Waals surface area contributed by atoms with E-state index in [1.54, 1.807) is 0 Å². The Kier molecular flexibility index (Phi) is 1.86. The van der Waals surface area contributed by atoms with Crippen LogP contribution in [0.2, 0.25) is 0 Å². The summed E-state index contributed by atoms with van der Waals surface area (Å²) in [6, 6.07) is 0. The molecule has 0 bridgehead atoms. The maximum Gasteiger partial charge on any atom is 0.188 e. The van der Waals surface area contributed by atoms with Gasteiger partial charge in [-0.2, -0.15) is 0 Å². The summed E-state index contributed by atoms with van der Waals surface area (Å²) in [6.45, 7) is 2.17. The maximum absolute atomic E-state index is 5.30. The van der Waals surface area contributed by atoms with Gasteiger partial charge in [0.25, 0.3) is 0 Å². The molecule has 2 N–H and O–H groups in total. The molecule has 0 aromatic rings. The van der Waals surface area contributed by atoms with Gasteiger partial charge in [-0.05, 0) is 6.42 Å². The Morgan fingerprint density at radius 2 is 2.38 bits per heavy atom. The first-order valence-electron chi connectivity index (χ1n) is 3.13. The monoisotopic (exact) mass is 114 g/mol. The van der Waals surface area contributed by atoms with Gasteiger partial charge in [-0.1, -0.05) is 19.8 Å². The molecule has 0 spiro atoms. The molecule has 1 rings (SSSR count). The molecule has 0 aliphatic carbocycles. The molecule has 1 unspecified atom stereocenters. The number of nitrogens with two attached hydrogens (primary N) is 1. The SMILES string of the molecule is CCCCC1O[C]1N. The van der Waals surface area contributed by atoms with Crippen molar-refractivity contribution in [1.29, 1.82) is 0 Å². The van der Waals surface area contributed by atoms with Crippen molar-refractivity contribution in [1.82, 2.24) is 0 Å². The van der Waals surface area contributed by atoms with E-state index in [-0.39, 0.29) is 0 Å². The molecule has 8 heavy (non-hydrogen) atoms. The van der Waals surface area contributed by atoms with Crippen molar-refractivity contribution in [3.8, 4) is 0 Å². The number of epoxide rings is 1. The second-order valence-corrected chi connectivity index (χ2v) is 2.15. The lowest BCUT2D eigenvalue weighted by atomic mass is 10.2. The Morgan fingerprint density at radius 3 is 2.75 bits per heavy atom. The van der Waals surface area contributed by atoms with Crippen LogP contribution in [0.5, 0.6) is 0 Å². The lowest BCUT2D eigenvalue weighted by Gasteiger charge is -1.87. The van der Waals surface area contributed by atoms with Gasteiger partial charge in [-0.25, -0.2) is 0 Å². The molecule has 1 radical (unpaired) electrons. The highest BCUT2D eigenvalue weighted by molar-refractivity contribution is 4.96. The number of rotatable bonds is 3. The zero-order chi connectivity index (χ0) is 5.98. The minimum Gasteiger partial charge on any atom is -0.346 e. The van der Waals surface area contributed by atoms with Gasteiger partial charge >= 0.3 is 0 Å². The van der Waals surface area contributed by atoms with Crippen LogP contribution in [0.1, 0.15) is 26.2 Å². The first-order valence-corrected chi connectivity index (χ1v) is 3.13. The molecule has 1 heterocycles. The van der Waals surface area contributed by atoms with Crippen molar-refractivity contribution < 1.29 is 4.74 Å². The molecule has 2 heteroatoms. The van der Waals surface area contributed by atoms with E-state index in [4.69, 9.17) is 10.5 Å². The predicted octanol–water partition coefficient (Wildman–Crippen LogP) is 1.02. The lowest BCUT2D eigenvalue weighted by Crippen LogP contribution is -1.95. The summed E-state index contributed by atoms with van der Waals surface area (Å²) in [5, 5.41) is 0. The van der Waals surface area contributed by atoms with E-state index in [2.05, 4.69) is 6.92 Å². The van der Waals surface area contributed by atoms with Gasteiger partial charge in [0.2, 0.25) is 0 Å². The summed E-state index contributed by atoms with van der Waals surface area (Å²) in [5.41, 5.74) is 5.30. The van der Waals surface area contributed by atoms with Crippen LogP contribution in [-0.4, -0.2) is 6.10 Å². The first kappa shape index (κ1) is 6.05. The predicted molar refractivity (Wildman–Crippen MR) is 31.8 cm³/mol. The van der Waals surface area contributed by atoms with Crippen LogP contribution in [0, 0.1) is 6.23 Å². The molecule has 0 amide bonds. The van der Waals surface area contributed by atoms with Crippen molar-refractivity contribution in [3.63, 3.8) is 0 Å². The minimum absolute atomic E-state index is 0.315. The summed E-state index contributed by atoms with van der Waals surface area (Å²) < 4.78 is 4.91. The van der Waals surface area contributed by atoms with E-state index in [1.165, 1.54) is 12.8 Å². The van der Waals surface area contributed by atoms with E-state index in [0.29, 0.717) is 6.10 Å². The maximum atomic E-state index is 5.30. The van der Waals surface area contributed by atoms with E-state index < -0.39 is 0 Å². The number of ether oxygens (including phenoxy) is 1. The van der Waals surface area contributed by atoms with E-state index in [0.717, 1.165) is 12.6 Å². The fourth-order valence-corrected chi connectivity index (χ4v) is 0.721. The number of unbranched alkanes of at least 4 members (excludes halogenated alkanes) is 1. The molecule has 0 aromatic heterocycles. The lowest BCUT2D eigenvalue weighted by molar-refractivity contribution is 0.389. The summed E-state index contributed by atoms with van der Waals surface area (Å²) in [7, 11) is 0. The molecule has 47 valence electrons. The summed E-state index contributed by atoms with van der Waals surface area (Å²) in [6.07, 6.45) is 4.62. The van der Waals surface area contributed by atoms with Crippen LogP contribution in [-0.2, 0) is 4.74 Å². The Balaban J connectivity index is 1.89. The zero-order valence-corrected chi connectivity index (χ0v) is 5.18. The molecule has 1 aliphatic heterocycles. The Labute approximate surface area is 50.0 Å². The highest BCUT2D eigenvalue weighted by atomic mass is 16.6. The fraction of sp³-hybridized carbons (Fsp3) is 0.833. The van der Waals surface area contributed by atoms with Gasteiger partial charge in [-0.15, -0.1) is 0 Å². The molecule has 1 saturated heterocycles. The Hall–Kier alpha value is -0.0800. The molecule has 0 aromatic carbocycles. The van der Waals surface area contributed by atoms with E-state index >= 15 is 0 Å². The second-order valence-electron chi connectivity index (χ2n) is 2.15. The quantitative estimate of drug-likeness (QED) is 0.556. The standard InChI is InChI=1S/C6H12NO/c1-2-3-4-5-6(7)8-5/h5H,2-4,7H2,1H3. The largest absolute Gasteiger partial charge is 0.346 e. The number of hydrogen-bond acceptors (Lipinski definition) is 2. The Morgan fingerprint density at radius 1 is 1.75 bits per heavy atom. The van der Waals surface area contributed by atoms with Crippen molar-refractivity contribution >= 4 is 0 Å². The van der Waals surface area contributed by atoms with Crippen LogP contribution in [0.3, 0.4) is 0 Å². The van der Waals surface area contributed by atoms with Crippen LogP contribution in [0.15, 0.2) is 0 Å². The molecular formula is C6H12NO. The Bertz CT molecular complexity index is 74.9. The van der Waals surface area contributed by atoms with Crippen molar-refractivity contribution in [2.45, 2.75) is 32.3 Å². The van der Waals surface area contributed by atoms with Gasteiger partial charge in [-0.3, -0.25) is 5.73 Å². The first-order chi connectivity index (χ1) is 3.84. The molecule has 1 atom stereocenters. The summed E-state index contributed by atoms with van der Waals surface area (Å²) in [5.74, 6) is 0. The molecule has 1 aliphatic rings. The van der Waals surface area contributed by atoms with Gasteiger partial charge in [0.15, 0.2) is 6.23 Å². The summed E-state index contributed by atoms with van der Waals surface area (Å²) in [4.78, 5) is 0. The van der Waals surface area contributed by atoms with Gasteiger partial charge < -0.3 is 4.74 Å². The molecule has 0 saturated carbocycles. The van der Waals surface area contributed by atoms with Crippen LogP contribution in [0.4, 0.5) is 0 Å². The van der Waals surface area contributed by atoms with Crippen LogP contribution >= 0.6 is 0 Å². The molecule has 1 fully saturated rings. The third kappa shape index (κ3) is 1.46. The fourth-order valence-electron chi connectivity index (χ4n) is 0.721. The minimum atomic E-state index is 0.315. The highest BCUT2D eigenvalue weighted by Crippen LogP contribution is 2.28. The van der Waals surface area contributed by atoms with Crippen molar-refractivity contribution in [2.24, 2.45) is 5.73 Å². The molecule has 2 nitrogen and oxygen atoms in total. The highest BCUT2D eigenvalue weighted by Gasteiger charge is 2.35. The third-order valence-electron chi connectivity index (χ3n) is 1.36. The van der Waals surface area contributed by atoms with E-state index in [9.17, 15) is 0 Å². The van der Waals surface area contributed by atoms with Gasteiger partial charge in [0.05, 0.1) is 0 Å². The topological polar surface area (TPSA) is 38.5 Å². The smallest absolute Gasteiger partial charge is 0.188 e. The normalized spacial score (nSPS) is 28.5. The van der Waals surface area contributed by atoms with Crippen molar-refractivity contribution in [3.05, 3.63) is 6.23 Å². The van der Waals surface area contributed by atoms with Gasteiger partial charge in [0, 0.05) is 0 Å². The molecular weight excluding hydrogens is 102 g/mol.